The van der Waals surface area contributed by atoms with Gasteiger partial charge in [-0.2, -0.15) is 4.98 Å². The smallest absolute Gasteiger partial charge is 0.258 e. The summed E-state index contributed by atoms with van der Waals surface area (Å²) in [5.41, 5.74) is 4.53. The average Bonchev–Trinajstić information content (AvgIpc) is 3.32. The van der Waals surface area contributed by atoms with Crippen molar-refractivity contribution < 1.29 is 24.3 Å². The topological polar surface area (TPSA) is 121 Å². The lowest BCUT2D eigenvalue weighted by Crippen LogP contribution is -2.36. The fraction of sp³-hybridized carbons (Fsp3) is 0.400. The van der Waals surface area contributed by atoms with Gasteiger partial charge in [-0.05, 0) is 62.8 Å². The van der Waals surface area contributed by atoms with Crippen LogP contribution in [0, 0.1) is 13.8 Å². The van der Waals surface area contributed by atoms with Crippen LogP contribution in [-0.2, 0) is 11.3 Å². The molecule has 3 N–H and O–H groups in total. The second-order valence-corrected chi connectivity index (χ2v) is 8.90. The summed E-state index contributed by atoms with van der Waals surface area (Å²) in [7, 11) is 2.07. The molecule has 0 saturated heterocycles. The number of aliphatic hydroxyl groups is 2. The van der Waals surface area contributed by atoms with E-state index in [1.165, 1.54) is 5.56 Å². The Labute approximate surface area is 209 Å². The second kappa shape index (κ2) is 12.1. The Hall–Kier alpha value is -2.98. The predicted octanol–water partition coefficient (Wildman–Crippen LogP) is 2.97. The molecule has 9 nitrogen and oxygen atoms in total. The van der Waals surface area contributed by atoms with Gasteiger partial charge in [-0.25, -0.2) is 0 Å². The van der Waals surface area contributed by atoms with Gasteiger partial charge >= 0.3 is 0 Å². The van der Waals surface area contributed by atoms with Crippen LogP contribution in [0.25, 0.3) is 22.8 Å². The maximum absolute atomic E-state index is 11.1. The van der Waals surface area contributed by atoms with Gasteiger partial charge in [-0.3, -0.25) is 4.79 Å². The van der Waals surface area contributed by atoms with E-state index in [0.717, 1.165) is 29.8 Å². The number of aromatic nitrogens is 2. The fourth-order valence-corrected chi connectivity index (χ4v) is 3.85. The molecule has 3 aromatic rings. The SMILES string of the molecule is CCN(C)Cc1cc(C)cc(-c2nc(-c3cc(C)c(OCC(O)CNC(=O)CO)c(Cl)c3)no2)c1. The van der Waals surface area contributed by atoms with Crippen LogP contribution in [0.5, 0.6) is 5.75 Å². The Balaban J connectivity index is 1.74. The minimum Gasteiger partial charge on any atom is -0.489 e. The van der Waals surface area contributed by atoms with Crippen molar-refractivity contribution in [2.24, 2.45) is 0 Å². The van der Waals surface area contributed by atoms with Crippen molar-refractivity contribution in [2.45, 2.75) is 33.4 Å². The molecular weight excluding hydrogens is 472 g/mol. The van der Waals surface area contributed by atoms with Crippen molar-refractivity contribution in [3.63, 3.8) is 0 Å². The third-order valence-electron chi connectivity index (χ3n) is 5.39. The highest BCUT2D eigenvalue weighted by Gasteiger charge is 2.17. The molecule has 0 aliphatic heterocycles. The predicted molar refractivity (Wildman–Crippen MR) is 133 cm³/mol. The van der Waals surface area contributed by atoms with E-state index in [1.54, 1.807) is 6.07 Å². The molecule has 1 unspecified atom stereocenters. The number of aryl methyl sites for hydroxylation is 2. The number of amides is 1. The van der Waals surface area contributed by atoms with Crippen LogP contribution in [0.1, 0.15) is 23.6 Å². The van der Waals surface area contributed by atoms with Gasteiger partial charge in [0.25, 0.3) is 5.89 Å². The van der Waals surface area contributed by atoms with Crippen molar-refractivity contribution in [3.05, 3.63) is 52.0 Å². The highest BCUT2D eigenvalue weighted by Crippen LogP contribution is 2.34. The number of nitrogens with one attached hydrogen (secondary N) is 1. The van der Waals surface area contributed by atoms with E-state index in [2.05, 4.69) is 46.5 Å². The lowest BCUT2D eigenvalue weighted by atomic mass is 10.1. The minimum atomic E-state index is -0.961. The molecule has 1 aromatic heterocycles. The molecule has 188 valence electrons. The maximum Gasteiger partial charge on any atom is 0.258 e. The Morgan fingerprint density at radius 3 is 2.69 bits per heavy atom. The number of halogens is 1. The molecule has 0 saturated carbocycles. The second-order valence-electron chi connectivity index (χ2n) is 8.49. The molecule has 1 atom stereocenters. The third kappa shape index (κ3) is 7.25. The molecule has 2 aromatic carbocycles. The van der Waals surface area contributed by atoms with Crippen LogP contribution < -0.4 is 10.1 Å². The van der Waals surface area contributed by atoms with E-state index in [9.17, 15) is 9.90 Å². The Bertz CT molecular complexity index is 1140. The number of hydrogen-bond donors (Lipinski definition) is 3. The third-order valence-corrected chi connectivity index (χ3v) is 5.67. The van der Waals surface area contributed by atoms with Crippen LogP contribution in [0.3, 0.4) is 0 Å². The summed E-state index contributed by atoms with van der Waals surface area (Å²) in [5.74, 6) is 0.663. The molecule has 0 aliphatic rings. The summed E-state index contributed by atoms with van der Waals surface area (Å²) in [5, 5.41) is 25.6. The van der Waals surface area contributed by atoms with Gasteiger partial charge in [0, 0.05) is 24.2 Å². The number of hydrogen-bond acceptors (Lipinski definition) is 8. The molecular formula is C25H31ClN4O5. The van der Waals surface area contributed by atoms with Gasteiger partial charge in [0.15, 0.2) is 0 Å². The Morgan fingerprint density at radius 1 is 1.23 bits per heavy atom. The highest BCUT2D eigenvalue weighted by molar-refractivity contribution is 6.32. The first-order valence-corrected chi connectivity index (χ1v) is 11.7. The van der Waals surface area contributed by atoms with Crippen molar-refractivity contribution in [1.82, 2.24) is 20.4 Å². The Morgan fingerprint density at radius 2 is 2.00 bits per heavy atom. The molecule has 10 heteroatoms. The first kappa shape index (κ1) is 26.6. The monoisotopic (exact) mass is 502 g/mol. The molecule has 1 heterocycles. The standard InChI is InChI=1S/C25H31ClN4O5/c1-5-30(4)12-17-6-15(2)7-19(9-17)25-28-24(29-35-25)18-8-16(3)23(21(26)10-18)34-14-20(32)11-27-22(33)13-31/h6-10,20,31-32H,5,11-14H2,1-4H3,(H,27,33). The quantitative estimate of drug-likeness (QED) is 0.366. The van der Waals surface area contributed by atoms with Crippen molar-refractivity contribution >= 4 is 17.5 Å². The summed E-state index contributed by atoms with van der Waals surface area (Å²) in [4.78, 5) is 17.9. The summed E-state index contributed by atoms with van der Waals surface area (Å²) < 4.78 is 11.2. The van der Waals surface area contributed by atoms with Crippen LogP contribution in [0.2, 0.25) is 5.02 Å². The summed E-state index contributed by atoms with van der Waals surface area (Å²) in [6.45, 7) is 6.98. The lowest BCUT2D eigenvalue weighted by molar-refractivity contribution is -0.124. The summed E-state index contributed by atoms with van der Waals surface area (Å²) in [6, 6.07) is 9.71. The number of carbonyl (C=O) groups excluding carboxylic acids is 1. The Kier molecular flexibility index (Phi) is 9.22. The molecule has 0 radical (unpaired) electrons. The van der Waals surface area contributed by atoms with Gasteiger partial charge in [0.1, 0.15) is 25.1 Å². The normalized spacial score (nSPS) is 12.1. The lowest BCUT2D eigenvalue weighted by Gasteiger charge is -2.16. The zero-order valence-corrected chi connectivity index (χ0v) is 21.1. The van der Waals surface area contributed by atoms with Gasteiger partial charge in [0.05, 0.1) is 5.02 Å². The average molecular weight is 503 g/mol. The first-order chi connectivity index (χ1) is 16.7. The van der Waals surface area contributed by atoms with Gasteiger partial charge < -0.3 is 29.7 Å². The number of rotatable bonds is 11. The fourth-order valence-electron chi connectivity index (χ4n) is 3.53. The zero-order chi connectivity index (χ0) is 25.5. The number of benzene rings is 2. The van der Waals surface area contributed by atoms with E-state index < -0.39 is 18.6 Å². The van der Waals surface area contributed by atoms with Crippen LogP contribution in [0.4, 0.5) is 0 Å². The van der Waals surface area contributed by atoms with E-state index in [1.807, 2.05) is 26.0 Å². The van der Waals surface area contributed by atoms with E-state index >= 15 is 0 Å². The molecule has 0 aliphatic carbocycles. The zero-order valence-electron chi connectivity index (χ0n) is 20.3. The van der Waals surface area contributed by atoms with E-state index in [4.69, 9.17) is 26.0 Å². The molecule has 0 fully saturated rings. The van der Waals surface area contributed by atoms with Gasteiger partial charge in [0.2, 0.25) is 11.7 Å². The molecule has 3 rings (SSSR count). The molecule has 0 bridgehead atoms. The first-order valence-electron chi connectivity index (χ1n) is 11.3. The number of aliphatic hydroxyl groups excluding tert-OH is 2. The molecule has 0 spiro atoms. The number of nitrogens with zero attached hydrogens (tertiary/aromatic N) is 3. The van der Waals surface area contributed by atoms with Crippen LogP contribution in [-0.4, -0.2) is 70.6 Å². The van der Waals surface area contributed by atoms with Crippen molar-refractivity contribution in [3.8, 4) is 28.6 Å². The van der Waals surface area contributed by atoms with Crippen LogP contribution in [0.15, 0.2) is 34.9 Å². The molecule has 1 amide bonds. The van der Waals surface area contributed by atoms with E-state index in [0.29, 0.717) is 28.1 Å². The van der Waals surface area contributed by atoms with Crippen molar-refractivity contribution in [1.29, 1.82) is 0 Å². The number of carbonyl (C=O) groups is 1. The summed E-state index contributed by atoms with van der Waals surface area (Å²) >= 11 is 6.45. The minimum absolute atomic E-state index is 0.0464. The van der Waals surface area contributed by atoms with Crippen LogP contribution >= 0.6 is 11.6 Å². The summed E-state index contributed by atoms with van der Waals surface area (Å²) in [6.07, 6.45) is -0.961. The van der Waals surface area contributed by atoms with Crippen molar-refractivity contribution in [2.75, 3.05) is 33.4 Å². The van der Waals surface area contributed by atoms with E-state index in [-0.39, 0.29) is 13.2 Å². The van der Waals surface area contributed by atoms with Gasteiger partial charge in [-0.1, -0.05) is 35.3 Å². The van der Waals surface area contributed by atoms with Gasteiger partial charge in [-0.15, -0.1) is 0 Å². The highest BCUT2D eigenvalue weighted by atomic mass is 35.5. The molecule has 35 heavy (non-hydrogen) atoms. The number of ether oxygens (including phenoxy) is 1. The largest absolute Gasteiger partial charge is 0.489 e. The maximum atomic E-state index is 11.1.